The lowest BCUT2D eigenvalue weighted by atomic mass is 10.2. The van der Waals surface area contributed by atoms with Crippen molar-refractivity contribution < 1.29 is 37.3 Å². The molecule has 1 heterocycles. The number of aliphatic hydroxyl groups is 2. The summed E-state index contributed by atoms with van der Waals surface area (Å²) in [7, 11) is 1.68. The van der Waals surface area contributed by atoms with Crippen LogP contribution in [0.4, 0.5) is 17.6 Å². The molecule has 3 aromatic rings. The summed E-state index contributed by atoms with van der Waals surface area (Å²) in [6.45, 7) is -0.0810. The number of aliphatic hydroxyl groups excluding tert-OH is 1. The number of rotatable bonds is 5. The molecule has 0 bridgehead atoms. The number of hydrogen-bond donors (Lipinski definition) is 3. The normalized spacial score (nSPS) is 10.9. The molecule has 0 spiro atoms. The van der Waals surface area contributed by atoms with Crippen LogP contribution in [0.1, 0.15) is 21.6 Å². The zero-order valence-corrected chi connectivity index (χ0v) is 19.2. The van der Waals surface area contributed by atoms with Gasteiger partial charge in [-0.25, -0.2) is 9.37 Å². The van der Waals surface area contributed by atoms with Gasteiger partial charge < -0.3 is 24.8 Å². The Kier molecular flexibility index (Phi) is 9.44. The van der Waals surface area contributed by atoms with Crippen molar-refractivity contribution in [3.8, 4) is 17.6 Å². The van der Waals surface area contributed by atoms with Crippen molar-refractivity contribution >= 4 is 29.1 Å². The first-order valence-electron chi connectivity index (χ1n) is 9.36. The van der Waals surface area contributed by atoms with Crippen LogP contribution < -0.4 is 10.1 Å². The predicted molar refractivity (Wildman–Crippen MR) is 116 cm³/mol. The minimum atomic E-state index is -4.89. The smallest absolute Gasteiger partial charge is 0.439 e. The molecule has 0 aliphatic heterocycles. The molecular formula is C21H16Cl2F4N4O4. The van der Waals surface area contributed by atoms with E-state index in [9.17, 15) is 22.4 Å². The van der Waals surface area contributed by atoms with Gasteiger partial charge in [0.05, 0.1) is 29.2 Å². The van der Waals surface area contributed by atoms with Crippen molar-refractivity contribution in [1.82, 2.24) is 14.9 Å². The molecule has 1 aromatic heterocycles. The maximum atomic E-state index is 14.9. The second-order valence-electron chi connectivity index (χ2n) is 6.73. The quantitative estimate of drug-likeness (QED) is 0.331. The molecule has 0 radical (unpaired) electrons. The number of aryl methyl sites for hydroxylation is 1. The second kappa shape index (κ2) is 11.9. The lowest BCUT2D eigenvalue weighted by Gasteiger charge is -2.13. The van der Waals surface area contributed by atoms with Crippen LogP contribution in [0.5, 0.6) is 11.5 Å². The highest BCUT2D eigenvalue weighted by molar-refractivity contribution is 6.32. The number of halogens is 6. The number of amides is 1. The van der Waals surface area contributed by atoms with Crippen LogP contribution in [0, 0.1) is 17.1 Å². The molecule has 8 nitrogen and oxygen atoms in total. The van der Waals surface area contributed by atoms with Gasteiger partial charge >= 0.3 is 6.18 Å². The summed E-state index contributed by atoms with van der Waals surface area (Å²) < 4.78 is 54.0. The third kappa shape index (κ3) is 7.83. The van der Waals surface area contributed by atoms with Gasteiger partial charge in [0.15, 0.2) is 11.6 Å². The summed E-state index contributed by atoms with van der Waals surface area (Å²) in [6, 6.07) is 9.16. The van der Waals surface area contributed by atoms with Crippen LogP contribution in [0.2, 0.25) is 10.0 Å². The summed E-state index contributed by atoms with van der Waals surface area (Å²) in [4.78, 5) is 16.0. The number of ether oxygens (including phenoxy) is 1. The molecule has 0 aliphatic rings. The standard InChI is InChI=1S/C19H13Cl2FN4O2.C2H3F3O2/c1-26-10-24-9-16(26)19(27)25-8-12-2-3-15(21)18(17(12)22)28-14-5-11(7-23)4-13(20)6-14;3-2(4,5)1(6)7/h2-6,9-10H,8H2,1H3,(H,25,27);1,6-7H. The SMILES string of the molecule is Cn1cncc1C(=O)NCc1ccc(Cl)c(Oc2cc(Cl)cc(C#N)c2)c1F.OC(O)C(F)(F)F. The molecule has 0 aliphatic carbocycles. The number of nitriles is 1. The molecule has 2 aromatic carbocycles. The Hall–Kier alpha value is -3.37. The van der Waals surface area contributed by atoms with Crippen molar-refractivity contribution in [2.75, 3.05) is 0 Å². The number of carbonyl (C=O) groups excluding carboxylic acids is 1. The molecule has 35 heavy (non-hydrogen) atoms. The average molecular weight is 535 g/mol. The van der Waals surface area contributed by atoms with Crippen molar-refractivity contribution in [2.45, 2.75) is 19.0 Å². The van der Waals surface area contributed by atoms with Gasteiger partial charge in [-0.3, -0.25) is 4.79 Å². The Morgan fingerprint density at radius 1 is 1.29 bits per heavy atom. The molecule has 186 valence electrons. The summed E-state index contributed by atoms with van der Waals surface area (Å²) in [6.07, 6.45) is -5.19. The van der Waals surface area contributed by atoms with Crippen LogP contribution >= 0.6 is 23.2 Å². The van der Waals surface area contributed by atoms with Gasteiger partial charge in [-0.1, -0.05) is 29.3 Å². The Balaban J connectivity index is 0.000000540. The maximum Gasteiger partial charge on any atom is 0.439 e. The minimum Gasteiger partial charge on any atom is -0.453 e. The fourth-order valence-corrected chi connectivity index (χ4v) is 2.86. The Bertz CT molecular complexity index is 1240. The van der Waals surface area contributed by atoms with Crippen molar-refractivity contribution in [2.24, 2.45) is 7.05 Å². The van der Waals surface area contributed by atoms with E-state index < -0.39 is 24.2 Å². The molecular weight excluding hydrogens is 519 g/mol. The van der Waals surface area contributed by atoms with Gasteiger partial charge in [0, 0.05) is 24.2 Å². The van der Waals surface area contributed by atoms with Gasteiger partial charge in [-0.15, -0.1) is 0 Å². The molecule has 14 heteroatoms. The molecule has 0 saturated heterocycles. The van der Waals surface area contributed by atoms with E-state index in [1.165, 1.54) is 42.9 Å². The van der Waals surface area contributed by atoms with E-state index in [-0.39, 0.29) is 39.2 Å². The summed E-state index contributed by atoms with van der Waals surface area (Å²) in [5.74, 6) is -1.18. The first-order chi connectivity index (χ1) is 16.3. The molecule has 0 fully saturated rings. The first kappa shape index (κ1) is 27.9. The molecule has 0 unspecified atom stereocenters. The van der Waals surface area contributed by atoms with Gasteiger partial charge in [-0.2, -0.15) is 18.4 Å². The highest BCUT2D eigenvalue weighted by Crippen LogP contribution is 2.35. The summed E-state index contributed by atoms with van der Waals surface area (Å²) >= 11 is 12.0. The molecule has 3 N–H and O–H groups in total. The third-order valence-electron chi connectivity index (χ3n) is 4.13. The molecule has 0 atom stereocenters. The Labute approximate surface area is 205 Å². The van der Waals surface area contributed by atoms with Gasteiger partial charge in [-0.05, 0) is 24.3 Å². The van der Waals surface area contributed by atoms with Crippen LogP contribution in [0.15, 0.2) is 42.9 Å². The zero-order valence-electron chi connectivity index (χ0n) is 17.6. The number of nitrogens with zero attached hydrogens (tertiary/aromatic N) is 3. The van der Waals surface area contributed by atoms with E-state index in [4.69, 9.17) is 43.4 Å². The van der Waals surface area contributed by atoms with Gasteiger partial charge in [0.1, 0.15) is 11.4 Å². The Morgan fingerprint density at radius 3 is 2.49 bits per heavy atom. The Morgan fingerprint density at radius 2 is 1.94 bits per heavy atom. The topological polar surface area (TPSA) is 120 Å². The number of nitrogens with one attached hydrogen (secondary N) is 1. The monoisotopic (exact) mass is 534 g/mol. The van der Waals surface area contributed by atoms with Crippen LogP contribution in [0.25, 0.3) is 0 Å². The fourth-order valence-electron chi connectivity index (χ4n) is 2.45. The van der Waals surface area contributed by atoms with Gasteiger partial charge in [0.2, 0.25) is 0 Å². The van der Waals surface area contributed by atoms with Crippen molar-refractivity contribution in [1.29, 1.82) is 5.26 Å². The fraction of sp³-hybridized carbons (Fsp3) is 0.190. The number of aromatic nitrogens is 2. The lowest BCUT2D eigenvalue weighted by molar-refractivity contribution is -0.275. The largest absolute Gasteiger partial charge is 0.453 e. The number of carbonyl (C=O) groups is 1. The number of benzene rings is 2. The van der Waals surface area contributed by atoms with Crippen molar-refractivity contribution in [3.05, 3.63) is 75.5 Å². The summed E-state index contributed by atoms with van der Waals surface area (Å²) in [5, 5.41) is 26.6. The maximum absolute atomic E-state index is 14.9. The van der Waals surface area contributed by atoms with E-state index in [0.717, 1.165) is 0 Å². The van der Waals surface area contributed by atoms with E-state index >= 15 is 0 Å². The van der Waals surface area contributed by atoms with Crippen LogP contribution in [0.3, 0.4) is 0 Å². The zero-order chi connectivity index (χ0) is 26.3. The van der Waals surface area contributed by atoms with Gasteiger partial charge in [0.25, 0.3) is 12.2 Å². The molecule has 0 saturated carbocycles. The van der Waals surface area contributed by atoms with E-state index in [1.807, 2.05) is 6.07 Å². The number of imidazole rings is 1. The van der Waals surface area contributed by atoms with E-state index in [0.29, 0.717) is 5.69 Å². The van der Waals surface area contributed by atoms with E-state index in [2.05, 4.69) is 10.3 Å². The van der Waals surface area contributed by atoms with E-state index in [1.54, 1.807) is 11.6 Å². The second-order valence-corrected chi connectivity index (χ2v) is 7.57. The minimum absolute atomic E-state index is 0.0395. The van der Waals surface area contributed by atoms with Crippen LogP contribution in [-0.2, 0) is 13.6 Å². The van der Waals surface area contributed by atoms with Crippen LogP contribution in [-0.4, -0.2) is 38.1 Å². The highest BCUT2D eigenvalue weighted by Gasteiger charge is 2.36. The summed E-state index contributed by atoms with van der Waals surface area (Å²) in [5.41, 5.74) is 0.782. The number of alkyl halides is 3. The highest BCUT2D eigenvalue weighted by atomic mass is 35.5. The molecule has 3 rings (SSSR count). The number of hydrogen-bond acceptors (Lipinski definition) is 6. The lowest BCUT2D eigenvalue weighted by Crippen LogP contribution is -2.27. The van der Waals surface area contributed by atoms with Crippen molar-refractivity contribution in [3.63, 3.8) is 0 Å². The average Bonchev–Trinajstić information content (AvgIpc) is 3.21. The predicted octanol–water partition coefficient (Wildman–Crippen LogP) is 4.32. The first-order valence-corrected chi connectivity index (χ1v) is 10.1. The third-order valence-corrected chi connectivity index (χ3v) is 4.65. The molecule has 1 amide bonds.